The number of benzene rings is 1. The van der Waals surface area contributed by atoms with E-state index in [4.69, 9.17) is 16.6 Å². The highest BCUT2D eigenvalue weighted by atomic mass is 35.5. The number of piperazine rings is 1. The molecule has 3 aromatic rings. The fourth-order valence-electron chi connectivity index (χ4n) is 3.98. The van der Waals surface area contributed by atoms with Gasteiger partial charge in [-0.1, -0.05) is 30.7 Å². The summed E-state index contributed by atoms with van der Waals surface area (Å²) in [4.78, 5) is 46.2. The first-order chi connectivity index (χ1) is 14.8. The molecule has 31 heavy (non-hydrogen) atoms. The van der Waals surface area contributed by atoms with Gasteiger partial charge in [-0.3, -0.25) is 23.3 Å². The molecule has 1 amide bonds. The first-order valence-electron chi connectivity index (χ1n) is 10.2. The van der Waals surface area contributed by atoms with Gasteiger partial charge in [0.15, 0.2) is 11.2 Å². The highest BCUT2D eigenvalue weighted by molar-refractivity contribution is 6.30. The van der Waals surface area contributed by atoms with E-state index in [1.165, 1.54) is 11.6 Å². The SMILES string of the molecule is CCC(=O)N1CCN(c2nc3c(c(=O)n(C)c(=O)n3C)n2Cc2ccc(Cl)cc2)CC1. The number of carbonyl (C=O) groups excluding carboxylic acids is 1. The maximum atomic E-state index is 13.0. The number of carbonyl (C=O) groups is 1. The number of hydrogen-bond acceptors (Lipinski definition) is 5. The molecular formula is C21H25ClN6O3. The smallest absolute Gasteiger partial charge is 0.332 e. The molecule has 0 N–H and O–H groups in total. The summed E-state index contributed by atoms with van der Waals surface area (Å²) in [6.07, 6.45) is 0.479. The number of rotatable bonds is 4. The molecule has 1 saturated heterocycles. The quantitative estimate of drug-likeness (QED) is 0.603. The lowest BCUT2D eigenvalue weighted by molar-refractivity contribution is -0.131. The molecular weight excluding hydrogens is 420 g/mol. The van der Waals surface area contributed by atoms with Crippen molar-refractivity contribution in [3.05, 3.63) is 55.7 Å². The topological polar surface area (TPSA) is 85.4 Å². The molecule has 0 radical (unpaired) electrons. The van der Waals surface area contributed by atoms with E-state index in [1.54, 1.807) is 19.2 Å². The Morgan fingerprint density at radius 3 is 2.29 bits per heavy atom. The summed E-state index contributed by atoms with van der Waals surface area (Å²) in [6.45, 7) is 4.65. The zero-order valence-corrected chi connectivity index (χ0v) is 18.6. The lowest BCUT2D eigenvalue weighted by Crippen LogP contribution is -2.49. The van der Waals surface area contributed by atoms with Crippen molar-refractivity contribution in [2.24, 2.45) is 14.1 Å². The van der Waals surface area contributed by atoms with Crippen LogP contribution in [0.1, 0.15) is 18.9 Å². The predicted octanol–water partition coefficient (Wildman–Crippen LogP) is 1.19. The number of aryl methyl sites for hydroxylation is 1. The van der Waals surface area contributed by atoms with E-state index in [0.29, 0.717) is 61.3 Å². The normalized spacial score (nSPS) is 14.5. The van der Waals surface area contributed by atoms with Crippen LogP contribution in [0, 0.1) is 0 Å². The fourth-order valence-corrected chi connectivity index (χ4v) is 4.10. The average molecular weight is 445 g/mol. The third-order valence-electron chi connectivity index (χ3n) is 5.80. The summed E-state index contributed by atoms with van der Waals surface area (Å²) in [7, 11) is 3.09. The van der Waals surface area contributed by atoms with E-state index in [-0.39, 0.29) is 11.5 Å². The highest BCUT2D eigenvalue weighted by Gasteiger charge is 2.26. The Hall–Kier alpha value is -3.07. The van der Waals surface area contributed by atoms with Crippen LogP contribution in [-0.2, 0) is 25.4 Å². The molecule has 0 aliphatic carbocycles. The zero-order chi connectivity index (χ0) is 22.3. The Kier molecular flexibility index (Phi) is 5.62. The molecule has 1 aliphatic rings. The summed E-state index contributed by atoms with van der Waals surface area (Å²) in [5.74, 6) is 0.748. The van der Waals surface area contributed by atoms with Crippen LogP contribution in [-0.4, -0.2) is 55.7 Å². The van der Waals surface area contributed by atoms with Crippen LogP contribution in [0.4, 0.5) is 5.95 Å². The average Bonchev–Trinajstić information content (AvgIpc) is 3.16. The lowest BCUT2D eigenvalue weighted by Gasteiger charge is -2.35. The van der Waals surface area contributed by atoms with Crippen molar-refractivity contribution in [1.29, 1.82) is 0 Å². The van der Waals surface area contributed by atoms with Crippen molar-refractivity contribution in [2.45, 2.75) is 19.9 Å². The van der Waals surface area contributed by atoms with Gasteiger partial charge in [0.1, 0.15) is 0 Å². The number of aromatic nitrogens is 4. The molecule has 164 valence electrons. The molecule has 1 aromatic carbocycles. The van der Waals surface area contributed by atoms with Crippen LogP contribution >= 0.6 is 11.6 Å². The lowest BCUT2D eigenvalue weighted by atomic mass is 10.2. The maximum absolute atomic E-state index is 13.0. The van der Waals surface area contributed by atoms with Gasteiger partial charge in [0.25, 0.3) is 5.56 Å². The predicted molar refractivity (Wildman–Crippen MR) is 120 cm³/mol. The molecule has 0 bridgehead atoms. The molecule has 1 fully saturated rings. The minimum Gasteiger partial charge on any atom is -0.339 e. The Morgan fingerprint density at radius 2 is 1.68 bits per heavy atom. The Bertz CT molecular complexity index is 1250. The van der Waals surface area contributed by atoms with Gasteiger partial charge in [-0.15, -0.1) is 0 Å². The second kappa shape index (κ2) is 8.22. The zero-order valence-electron chi connectivity index (χ0n) is 17.8. The van der Waals surface area contributed by atoms with Crippen LogP contribution in [0.25, 0.3) is 11.2 Å². The van der Waals surface area contributed by atoms with Crippen LogP contribution in [0.15, 0.2) is 33.9 Å². The van der Waals surface area contributed by atoms with E-state index in [0.717, 1.165) is 10.1 Å². The number of imidazole rings is 1. The number of nitrogens with zero attached hydrogens (tertiary/aromatic N) is 6. The van der Waals surface area contributed by atoms with E-state index in [2.05, 4.69) is 4.90 Å². The fraction of sp³-hybridized carbons (Fsp3) is 0.429. The van der Waals surface area contributed by atoms with Gasteiger partial charge < -0.3 is 9.80 Å². The van der Waals surface area contributed by atoms with E-state index in [9.17, 15) is 14.4 Å². The van der Waals surface area contributed by atoms with Gasteiger partial charge in [-0.25, -0.2) is 4.79 Å². The van der Waals surface area contributed by atoms with Gasteiger partial charge in [0, 0.05) is 51.7 Å². The molecule has 0 spiro atoms. The first kappa shape index (κ1) is 21.2. The minimum absolute atomic E-state index is 0.130. The summed E-state index contributed by atoms with van der Waals surface area (Å²) in [5, 5.41) is 0.634. The minimum atomic E-state index is -0.418. The van der Waals surface area contributed by atoms with Crippen LogP contribution in [0.3, 0.4) is 0 Å². The number of hydrogen-bond donors (Lipinski definition) is 0. The highest BCUT2D eigenvalue weighted by Crippen LogP contribution is 2.23. The molecule has 10 heteroatoms. The molecule has 0 unspecified atom stereocenters. The molecule has 4 rings (SSSR count). The van der Waals surface area contributed by atoms with E-state index < -0.39 is 5.69 Å². The van der Waals surface area contributed by atoms with Gasteiger partial charge in [0.2, 0.25) is 11.9 Å². The summed E-state index contributed by atoms with van der Waals surface area (Å²) < 4.78 is 4.36. The molecule has 1 aliphatic heterocycles. The van der Waals surface area contributed by atoms with Crippen molar-refractivity contribution >= 4 is 34.6 Å². The molecule has 3 heterocycles. The second-order valence-electron chi connectivity index (χ2n) is 7.72. The molecule has 0 saturated carbocycles. The number of amides is 1. The van der Waals surface area contributed by atoms with Gasteiger partial charge in [-0.05, 0) is 17.7 Å². The Balaban J connectivity index is 1.82. The standard InChI is InChI=1S/C21H25ClN6O3/c1-4-16(29)26-9-11-27(12-10-26)20-23-18-17(19(30)25(3)21(31)24(18)2)28(20)13-14-5-7-15(22)8-6-14/h5-8H,4,9-13H2,1-3H3. The van der Waals surface area contributed by atoms with Crippen molar-refractivity contribution in [3.8, 4) is 0 Å². The second-order valence-corrected chi connectivity index (χ2v) is 8.16. The Morgan fingerprint density at radius 1 is 1.03 bits per heavy atom. The monoisotopic (exact) mass is 444 g/mol. The Labute approximate surface area is 184 Å². The van der Waals surface area contributed by atoms with Gasteiger partial charge in [0.05, 0.1) is 6.54 Å². The third-order valence-corrected chi connectivity index (χ3v) is 6.05. The summed E-state index contributed by atoms with van der Waals surface area (Å²) in [6, 6.07) is 7.42. The summed E-state index contributed by atoms with van der Waals surface area (Å²) >= 11 is 6.03. The van der Waals surface area contributed by atoms with Crippen molar-refractivity contribution in [3.63, 3.8) is 0 Å². The molecule has 2 aromatic heterocycles. The van der Waals surface area contributed by atoms with Crippen LogP contribution < -0.4 is 16.1 Å². The summed E-state index contributed by atoms with van der Waals surface area (Å²) in [5.41, 5.74) is 0.885. The van der Waals surface area contributed by atoms with Crippen LogP contribution in [0.2, 0.25) is 5.02 Å². The number of fused-ring (bicyclic) bond motifs is 1. The van der Waals surface area contributed by atoms with E-state index in [1.807, 2.05) is 28.5 Å². The van der Waals surface area contributed by atoms with Gasteiger partial charge in [-0.2, -0.15) is 4.98 Å². The maximum Gasteiger partial charge on any atom is 0.332 e. The third kappa shape index (κ3) is 3.74. The number of halogens is 1. The largest absolute Gasteiger partial charge is 0.339 e. The van der Waals surface area contributed by atoms with Crippen molar-refractivity contribution < 1.29 is 4.79 Å². The van der Waals surface area contributed by atoms with Crippen LogP contribution in [0.5, 0.6) is 0 Å². The first-order valence-corrected chi connectivity index (χ1v) is 10.6. The van der Waals surface area contributed by atoms with E-state index >= 15 is 0 Å². The molecule has 9 nitrogen and oxygen atoms in total. The molecule has 0 atom stereocenters. The van der Waals surface area contributed by atoms with Crippen molar-refractivity contribution in [1.82, 2.24) is 23.6 Å². The number of anilines is 1. The van der Waals surface area contributed by atoms with Gasteiger partial charge >= 0.3 is 5.69 Å². The van der Waals surface area contributed by atoms with Crippen molar-refractivity contribution in [2.75, 3.05) is 31.1 Å².